The Bertz CT molecular complexity index is 526. The molecule has 0 saturated carbocycles. The molecule has 3 N–H and O–H groups in total. The van der Waals surface area contributed by atoms with Gasteiger partial charge < -0.3 is 15.7 Å². The van der Waals surface area contributed by atoms with Crippen LogP contribution in [0.2, 0.25) is 0 Å². The minimum absolute atomic E-state index is 0.113. The molecule has 5 heteroatoms. The van der Waals surface area contributed by atoms with E-state index in [9.17, 15) is 9.59 Å². The van der Waals surface area contributed by atoms with Crippen molar-refractivity contribution in [3.05, 3.63) is 35.4 Å². The number of hydrogen-bond donors (Lipinski definition) is 3. The molecule has 0 aliphatic carbocycles. The normalized spacial score (nSPS) is 18.2. The first-order chi connectivity index (χ1) is 9.42. The lowest BCUT2D eigenvalue weighted by Crippen LogP contribution is -2.45. The van der Waals surface area contributed by atoms with Crippen molar-refractivity contribution in [1.82, 2.24) is 10.6 Å². The average Bonchev–Trinajstić information content (AvgIpc) is 2.44. The Kier molecular flexibility index (Phi) is 4.09. The van der Waals surface area contributed by atoms with E-state index in [-0.39, 0.29) is 12.5 Å². The van der Waals surface area contributed by atoms with Gasteiger partial charge in [-0.05, 0) is 31.4 Å². The lowest BCUT2D eigenvalue weighted by molar-refractivity contribution is -0.146. The van der Waals surface area contributed by atoms with Crippen molar-refractivity contribution in [3.8, 4) is 0 Å². The molecule has 108 valence electrons. The van der Waals surface area contributed by atoms with Gasteiger partial charge in [-0.15, -0.1) is 0 Å². The van der Waals surface area contributed by atoms with E-state index < -0.39 is 17.4 Å². The highest BCUT2D eigenvalue weighted by molar-refractivity contribution is 5.84. The summed E-state index contributed by atoms with van der Waals surface area (Å²) in [4.78, 5) is 23.3. The predicted octanol–water partition coefficient (Wildman–Crippen LogP) is 1.10. The van der Waals surface area contributed by atoms with Gasteiger partial charge in [0, 0.05) is 13.1 Å². The SMILES string of the molecule is CC(C)(CNC(=O)C1NCCc2ccccc21)C(=O)O. The van der Waals surface area contributed by atoms with Crippen LogP contribution in [0.5, 0.6) is 0 Å². The zero-order valence-electron chi connectivity index (χ0n) is 11.8. The van der Waals surface area contributed by atoms with Gasteiger partial charge >= 0.3 is 5.97 Å². The maximum absolute atomic E-state index is 12.3. The number of nitrogens with one attached hydrogen (secondary N) is 2. The van der Waals surface area contributed by atoms with Gasteiger partial charge in [0.15, 0.2) is 0 Å². The quantitative estimate of drug-likeness (QED) is 0.769. The van der Waals surface area contributed by atoms with Crippen molar-refractivity contribution in [2.45, 2.75) is 26.3 Å². The molecule has 5 nitrogen and oxygen atoms in total. The van der Waals surface area contributed by atoms with E-state index in [2.05, 4.69) is 10.6 Å². The first kappa shape index (κ1) is 14.5. The lowest BCUT2D eigenvalue weighted by atomic mass is 9.92. The molecule has 0 spiro atoms. The van der Waals surface area contributed by atoms with Crippen LogP contribution >= 0.6 is 0 Å². The van der Waals surface area contributed by atoms with Crippen molar-refractivity contribution >= 4 is 11.9 Å². The Morgan fingerprint density at radius 2 is 2.10 bits per heavy atom. The van der Waals surface area contributed by atoms with Gasteiger partial charge in [-0.25, -0.2) is 0 Å². The number of hydrogen-bond acceptors (Lipinski definition) is 3. The van der Waals surface area contributed by atoms with Crippen molar-refractivity contribution < 1.29 is 14.7 Å². The molecule has 1 heterocycles. The fraction of sp³-hybridized carbons (Fsp3) is 0.467. The van der Waals surface area contributed by atoms with Gasteiger partial charge in [-0.2, -0.15) is 0 Å². The fourth-order valence-electron chi connectivity index (χ4n) is 2.22. The number of fused-ring (bicyclic) bond motifs is 1. The second kappa shape index (κ2) is 5.63. The Morgan fingerprint density at radius 3 is 2.80 bits per heavy atom. The van der Waals surface area contributed by atoms with Crippen molar-refractivity contribution in [3.63, 3.8) is 0 Å². The Morgan fingerprint density at radius 1 is 1.40 bits per heavy atom. The van der Waals surface area contributed by atoms with Crippen molar-refractivity contribution in [2.24, 2.45) is 5.41 Å². The number of carboxylic acid groups (broad SMARTS) is 1. The number of benzene rings is 1. The second-order valence-corrected chi connectivity index (χ2v) is 5.74. The molecule has 0 saturated heterocycles. The average molecular weight is 276 g/mol. The van der Waals surface area contributed by atoms with Crippen LogP contribution in [0.25, 0.3) is 0 Å². The molecule has 1 aromatic rings. The van der Waals surface area contributed by atoms with Gasteiger partial charge in [0.2, 0.25) is 5.91 Å². The molecule has 0 fully saturated rings. The first-order valence-electron chi connectivity index (χ1n) is 6.74. The Labute approximate surface area is 118 Å². The summed E-state index contributed by atoms with van der Waals surface area (Å²) in [5, 5.41) is 15.0. The third kappa shape index (κ3) is 2.99. The van der Waals surface area contributed by atoms with Gasteiger partial charge in [-0.1, -0.05) is 24.3 Å². The summed E-state index contributed by atoms with van der Waals surface area (Å²) >= 11 is 0. The molecular formula is C15H20N2O3. The third-order valence-corrected chi connectivity index (χ3v) is 3.65. The summed E-state index contributed by atoms with van der Waals surface area (Å²) in [6.07, 6.45) is 0.903. The Hall–Kier alpha value is -1.88. The standard InChI is InChI=1S/C15H20N2O3/c1-15(2,14(19)20)9-17-13(18)12-11-6-4-3-5-10(11)7-8-16-12/h3-6,12,16H,7-9H2,1-2H3,(H,17,18)(H,19,20). The monoisotopic (exact) mass is 276 g/mol. The molecule has 0 aromatic heterocycles. The van der Waals surface area contributed by atoms with Crippen LogP contribution in [-0.2, 0) is 16.0 Å². The smallest absolute Gasteiger partial charge is 0.310 e. The molecule has 1 amide bonds. The zero-order valence-corrected chi connectivity index (χ0v) is 11.8. The van der Waals surface area contributed by atoms with Crippen LogP contribution in [-0.4, -0.2) is 30.1 Å². The largest absolute Gasteiger partial charge is 0.481 e. The van der Waals surface area contributed by atoms with Crippen LogP contribution in [0.15, 0.2) is 24.3 Å². The van der Waals surface area contributed by atoms with E-state index in [1.807, 2.05) is 24.3 Å². The molecule has 2 rings (SSSR count). The van der Waals surface area contributed by atoms with Crippen LogP contribution in [0, 0.1) is 5.41 Å². The highest BCUT2D eigenvalue weighted by Gasteiger charge is 2.30. The maximum Gasteiger partial charge on any atom is 0.310 e. The highest BCUT2D eigenvalue weighted by Crippen LogP contribution is 2.23. The number of rotatable bonds is 4. The van der Waals surface area contributed by atoms with Crippen LogP contribution in [0.1, 0.15) is 31.0 Å². The number of aliphatic carboxylic acids is 1. The summed E-state index contributed by atoms with van der Waals surface area (Å²) in [5.41, 5.74) is 1.18. The molecule has 1 aliphatic heterocycles. The molecule has 1 unspecified atom stereocenters. The van der Waals surface area contributed by atoms with E-state index in [4.69, 9.17) is 5.11 Å². The van der Waals surface area contributed by atoms with Gasteiger partial charge in [0.1, 0.15) is 6.04 Å². The van der Waals surface area contributed by atoms with Crippen LogP contribution < -0.4 is 10.6 Å². The Balaban J connectivity index is 2.06. The van der Waals surface area contributed by atoms with E-state index in [0.29, 0.717) is 0 Å². The fourth-order valence-corrected chi connectivity index (χ4v) is 2.22. The van der Waals surface area contributed by atoms with Gasteiger partial charge in [0.25, 0.3) is 0 Å². The number of carbonyl (C=O) groups is 2. The summed E-state index contributed by atoms with van der Waals surface area (Å²) in [5.74, 6) is -1.10. The van der Waals surface area contributed by atoms with E-state index in [1.165, 1.54) is 5.56 Å². The van der Waals surface area contributed by atoms with Crippen LogP contribution in [0.4, 0.5) is 0 Å². The van der Waals surface area contributed by atoms with Crippen molar-refractivity contribution in [1.29, 1.82) is 0 Å². The number of carbonyl (C=O) groups excluding carboxylic acids is 1. The molecule has 1 atom stereocenters. The summed E-state index contributed by atoms with van der Waals surface area (Å²) in [6, 6.07) is 7.44. The molecule has 0 radical (unpaired) electrons. The van der Waals surface area contributed by atoms with Gasteiger partial charge in [-0.3, -0.25) is 9.59 Å². The van der Waals surface area contributed by atoms with Crippen molar-refractivity contribution in [2.75, 3.05) is 13.1 Å². The first-order valence-corrected chi connectivity index (χ1v) is 6.74. The number of amides is 1. The summed E-state index contributed by atoms with van der Waals surface area (Å²) in [7, 11) is 0. The summed E-state index contributed by atoms with van der Waals surface area (Å²) < 4.78 is 0. The van der Waals surface area contributed by atoms with Crippen LogP contribution in [0.3, 0.4) is 0 Å². The molecule has 0 bridgehead atoms. The topological polar surface area (TPSA) is 78.4 Å². The molecule has 20 heavy (non-hydrogen) atoms. The lowest BCUT2D eigenvalue weighted by Gasteiger charge is -2.27. The van der Waals surface area contributed by atoms with E-state index in [1.54, 1.807) is 13.8 Å². The zero-order chi connectivity index (χ0) is 14.8. The molecular weight excluding hydrogens is 256 g/mol. The van der Waals surface area contributed by atoms with E-state index >= 15 is 0 Å². The highest BCUT2D eigenvalue weighted by atomic mass is 16.4. The maximum atomic E-state index is 12.3. The third-order valence-electron chi connectivity index (χ3n) is 3.65. The van der Waals surface area contributed by atoms with Gasteiger partial charge in [0.05, 0.1) is 5.41 Å². The minimum atomic E-state index is -0.968. The minimum Gasteiger partial charge on any atom is -0.481 e. The molecule has 1 aromatic carbocycles. The predicted molar refractivity (Wildman–Crippen MR) is 75.3 cm³/mol. The molecule has 1 aliphatic rings. The van der Waals surface area contributed by atoms with E-state index in [0.717, 1.165) is 18.5 Å². The summed E-state index contributed by atoms with van der Waals surface area (Å²) in [6.45, 7) is 4.05. The number of carboxylic acids is 1. The second-order valence-electron chi connectivity index (χ2n) is 5.74.